The summed E-state index contributed by atoms with van der Waals surface area (Å²) in [6, 6.07) is 10.3. The van der Waals surface area contributed by atoms with Crippen LogP contribution < -0.4 is 0 Å². The van der Waals surface area contributed by atoms with E-state index in [1.54, 1.807) is 0 Å². The third kappa shape index (κ3) is 3.79. The van der Waals surface area contributed by atoms with Gasteiger partial charge in [0.25, 0.3) is 0 Å². The molecule has 0 radical (unpaired) electrons. The van der Waals surface area contributed by atoms with E-state index in [9.17, 15) is 4.21 Å². The Kier molecular flexibility index (Phi) is 5.12. The fourth-order valence-electron chi connectivity index (χ4n) is 2.19. The van der Waals surface area contributed by atoms with Crippen molar-refractivity contribution in [1.29, 1.82) is 0 Å². The Morgan fingerprint density at radius 2 is 1.90 bits per heavy atom. The number of nitrogens with zero attached hydrogens (tertiary/aromatic N) is 2. The highest BCUT2D eigenvalue weighted by Crippen LogP contribution is 2.14. The molecule has 2 aromatic rings. The zero-order valence-electron chi connectivity index (χ0n) is 12.4. The maximum atomic E-state index is 11.9. The molecule has 20 heavy (non-hydrogen) atoms. The fourth-order valence-corrected chi connectivity index (χ4v) is 3.51. The van der Waals surface area contributed by atoms with Crippen molar-refractivity contribution >= 4 is 10.8 Å². The molecule has 0 fully saturated rings. The lowest BCUT2D eigenvalue weighted by Gasteiger charge is -2.06. The molecule has 0 aliphatic rings. The van der Waals surface area contributed by atoms with Crippen LogP contribution in [-0.2, 0) is 16.6 Å². The summed E-state index contributed by atoms with van der Waals surface area (Å²) in [4.78, 5) is 0. The predicted octanol–water partition coefficient (Wildman–Crippen LogP) is 3.54. The molecule has 1 aromatic carbocycles. The van der Waals surface area contributed by atoms with Crippen LogP contribution in [0.25, 0.3) is 5.69 Å². The molecule has 0 N–H and O–H groups in total. The molecule has 0 saturated heterocycles. The molecular formula is C16H22N2OS. The van der Waals surface area contributed by atoms with E-state index in [0.29, 0.717) is 5.75 Å². The molecule has 4 heteroatoms. The number of hydrogen-bond acceptors (Lipinski definition) is 2. The smallest absolute Gasteiger partial charge is 0.0648 e. The summed E-state index contributed by atoms with van der Waals surface area (Å²) in [5.41, 5.74) is 4.33. The Labute approximate surface area is 123 Å². The first-order valence-corrected chi connectivity index (χ1v) is 8.56. The molecule has 0 unspecified atom stereocenters. The van der Waals surface area contributed by atoms with E-state index in [1.165, 1.54) is 0 Å². The van der Waals surface area contributed by atoms with Crippen LogP contribution in [0.5, 0.6) is 0 Å². The van der Waals surface area contributed by atoms with Crippen LogP contribution in [-0.4, -0.2) is 19.7 Å². The Morgan fingerprint density at radius 3 is 2.45 bits per heavy atom. The Balaban J connectivity index is 2.07. The topological polar surface area (TPSA) is 34.9 Å². The third-order valence-electron chi connectivity index (χ3n) is 3.24. The van der Waals surface area contributed by atoms with Gasteiger partial charge in [-0.3, -0.25) is 4.21 Å². The van der Waals surface area contributed by atoms with Gasteiger partial charge in [0.1, 0.15) is 0 Å². The Morgan fingerprint density at radius 1 is 1.20 bits per heavy atom. The summed E-state index contributed by atoms with van der Waals surface area (Å²) in [6.45, 7) is 6.17. The standard InChI is InChI=1S/C16H22N2OS/c1-4-5-10-20(19)12-15-6-8-16(9-7-15)18-14(3)11-13(2)17-18/h6-9,11H,4-5,10,12H2,1-3H3/t20-/m1/s1. The van der Waals surface area contributed by atoms with Crippen molar-refractivity contribution < 1.29 is 4.21 Å². The normalized spacial score (nSPS) is 12.6. The van der Waals surface area contributed by atoms with E-state index in [2.05, 4.69) is 30.2 Å². The summed E-state index contributed by atoms with van der Waals surface area (Å²) >= 11 is 0. The number of benzene rings is 1. The molecule has 2 rings (SSSR count). The zero-order valence-corrected chi connectivity index (χ0v) is 13.2. The Hall–Kier alpha value is -1.42. The highest BCUT2D eigenvalue weighted by molar-refractivity contribution is 7.84. The van der Waals surface area contributed by atoms with Crippen molar-refractivity contribution in [2.24, 2.45) is 0 Å². The highest BCUT2D eigenvalue weighted by Gasteiger charge is 2.05. The fraction of sp³-hybridized carbons (Fsp3) is 0.438. The van der Waals surface area contributed by atoms with Crippen molar-refractivity contribution in [1.82, 2.24) is 9.78 Å². The number of aryl methyl sites for hydroxylation is 2. The molecule has 1 aromatic heterocycles. The van der Waals surface area contributed by atoms with Crippen LogP contribution in [0.15, 0.2) is 30.3 Å². The van der Waals surface area contributed by atoms with Gasteiger partial charge in [0.2, 0.25) is 0 Å². The number of aromatic nitrogens is 2. The second kappa shape index (κ2) is 6.84. The Bertz CT molecular complexity index is 587. The predicted molar refractivity (Wildman–Crippen MR) is 84.7 cm³/mol. The highest BCUT2D eigenvalue weighted by atomic mass is 32.2. The monoisotopic (exact) mass is 290 g/mol. The van der Waals surface area contributed by atoms with Crippen molar-refractivity contribution in [3.63, 3.8) is 0 Å². The molecule has 1 heterocycles. The van der Waals surface area contributed by atoms with E-state index in [1.807, 2.05) is 30.7 Å². The molecule has 0 aliphatic carbocycles. The number of rotatable bonds is 6. The summed E-state index contributed by atoms with van der Waals surface area (Å²) in [6.07, 6.45) is 2.14. The van der Waals surface area contributed by atoms with E-state index in [-0.39, 0.29) is 0 Å². The van der Waals surface area contributed by atoms with Crippen LogP contribution in [0.2, 0.25) is 0 Å². The second-order valence-electron chi connectivity index (χ2n) is 5.15. The summed E-state index contributed by atoms with van der Waals surface area (Å²) < 4.78 is 13.8. The average molecular weight is 290 g/mol. The average Bonchev–Trinajstić information content (AvgIpc) is 2.76. The van der Waals surface area contributed by atoms with E-state index in [0.717, 1.165) is 41.2 Å². The lowest BCUT2D eigenvalue weighted by molar-refractivity contribution is 0.679. The van der Waals surface area contributed by atoms with Crippen LogP contribution in [0.3, 0.4) is 0 Å². The second-order valence-corrected chi connectivity index (χ2v) is 6.72. The first kappa shape index (κ1) is 15.0. The van der Waals surface area contributed by atoms with Gasteiger partial charge in [-0.15, -0.1) is 0 Å². The minimum absolute atomic E-state index is 0.650. The minimum Gasteiger partial charge on any atom is -0.259 e. The van der Waals surface area contributed by atoms with Gasteiger partial charge < -0.3 is 0 Å². The van der Waals surface area contributed by atoms with Crippen molar-refractivity contribution in [3.8, 4) is 5.69 Å². The first-order chi connectivity index (χ1) is 9.60. The van der Waals surface area contributed by atoms with Gasteiger partial charge in [0, 0.05) is 28.0 Å². The molecule has 1 atom stereocenters. The van der Waals surface area contributed by atoms with Gasteiger partial charge in [-0.25, -0.2) is 4.68 Å². The van der Waals surface area contributed by atoms with Crippen LogP contribution in [0, 0.1) is 13.8 Å². The summed E-state index contributed by atoms with van der Waals surface area (Å²) in [7, 11) is -0.745. The maximum absolute atomic E-state index is 11.9. The van der Waals surface area contributed by atoms with Gasteiger partial charge in [-0.05, 0) is 44.0 Å². The molecule has 0 spiro atoms. The van der Waals surface area contributed by atoms with Gasteiger partial charge in [0.15, 0.2) is 0 Å². The van der Waals surface area contributed by atoms with Gasteiger partial charge in [-0.2, -0.15) is 5.10 Å². The molecule has 3 nitrogen and oxygen atoms in total. The zero-order chi connectivity index (χ0) is 14.5. The van der Waals surface area contributed by atoms with E-state index >= 15 is 0 Å². The van der Waals surface area contributed by atoms with E-state index < -0.39 is 10.8 Å². The first-order valence-electron chi connectivity index (χ1n) is 7.07. The molecule has 0 saturated carbocycles. The van der Waals surface area contributed by atoms with Crippen LogP contribution in [0.1, 0.15) is 36.7 Å². The van der Waals surface area contributed by atoms with Crippen LogP contribution >= 0.6 is 0 Å². The van der Waals surface area contributed by atoms with Crippen molar-refractivity contribution in [2.45, 2.75) is 39.4 Å². The molecule has 0 amide bonds. The van der Waals surface area contributed by atoms with Gasteiger partial charge >= 0.3 is 0 Å². The van der Waals surface area contributed by atoms with Gasteiger partial charge in [0.05, 0.1) is 11.4 Å². The number of hydrogen-bond donors (Lipinski definition) is 0. The largest absolute Gasteiger partial charge is 0.259 e. The van der Waals surface area contributed by atoms with Crippen molar-refractivity contribution in [3.05, 3.63) is 47.3 Å². The van der Waals surface area contributed by atoms with Crippen LogP contribution in [0.4, 0.5) is 0 Å². The quantitative estimate of drug-likeness (QED) is 0.815. The summed E-state index contributed by atoms with van der Waals surface area (Å²) in [5.74, 6) is 1.45. The molecule has 108 valence electrons. The van der Waals surface area contributed by atoms with E-state index in [4.69, 9.17) is 0 Å². The number of unbranched alkanes of at least 4 members (excludes halogenated alkanes) is 1. The van der Waals surface area contributed by atoms with Gasteiger partial charge in [-0.1, -0.05) is 25.5 Å². The lowest BCUT2D eigenvalue weighted by Crippen LogP contribution is -2.02. The van der Waals surface area contributed by atoms with Crippen molar-refractivity contribution in [2.75, 3.05) is 5.75 Å². The molecular weight excluding hydrogens is 268 g/mol. The minimum atomic E-state index is -0.745. The SMILES string of the molecule is CCCC[S@@](=O)Cc1ccc(-n2nc(C)cc2C)cc1. The molecule has 0 aliphatic heterocycles. The third-order valence-corrected chi connectivity index (χ3v) is 4.64. The maximum Gasteiger partial charge on any atom is 0.0648 e. The molecule has 0 bridgehead atoms. The lowest BCUT2D eigenvalue weighted by atomic mass is 10.2. The summed E-state index contributed by atoms with van der Waals surface area (Å²) in [5, 5.41) is 4.47.